The molecule has 1 aliphatic heterocycles. The lowest BCUT2D eigenvalue weighted by molar-refractivity contribution is 0.162. The van der Waals surface area contributed by atoms with E-state index < -0.39 is 0 Å². The molecule has 1 aromatic carbocycles. The number of para-hydroxylation sites is 1. The van der Waals surface area contributed by atoms with Crippen LogP contribution in [-0.4, -0.2) is 24.8 Å². The molecule has 1 aromatic rings. The van der Waals surface area contributed by atoms with E-state index in [9.17, 15) is 5.11 Å². The Morgan fingerprint density at radius 1 is 1.35 bits per heavy atom. The average Bonchev–Trinajstić information content (AvgIpc) is 2.28. The highest BCUT2D eigenvalue weighted by molar-refractivity contribution is 5.55. The fourth-order valence-corrected chi connectivity index (χ4v) is 2.62. The highest BCUT2D eigenvalue weighted by atomic mass is 16.3. The van der Waals surface area contributed by atoms with Gasteiger partial charge in [0, 0.05) is 30.8 Å². The van der Waals surface area contributed by atoms with Gasteiger partial charge in [-0.1, -0.05) is 39.0 Å². The third-order valence-corrected chi connectivity index (χ3v) is 3.48. The summed E-state index contributed by atoms with van der Waals surface area (Å²) in [5.74, 6) is 0.694. The van der Waals surface area contributed by atoms with Crippen molar-refractivity contribution in [3.63, 3.8) is 0 Å². The Morgan fingerprint density at radius 2 is 2.06 bits per heavy atom. The predicted octanol–water partition coefficient (Wildman–Crippen LogP) is 2.70. The molecule has 0 bridgehead atoms. The molecule has 0 amide bonds. The summed E-state index contributed by atoms with van der Waals surface area (Å²) in [5, 5.41) is 9.41. The summed E-state index contributed by atoms with van der Waals surface area (Å²) in [6.07, 6.45) is 1.17. The highest BCUT2D eigenvalue weighted by Crippen LogP contribution is 2.31. The largest absolute Gasteiger partial charge is 0.396 e. The fourth-order valence-electron chi connectivity index (χ4n) is 2.62. The van der Waals surface area contributed by atoms with E-state index in [4.69, 9.17) is 0 Å². The molecule has 0 aromatic heterocycles. The maximum Gasteiger partial charge on any atom is 0.0499 e. The quantitative estimate of drug-likeness (QED) is 0.867. The van der Waals surface area contributed by atoms with Gasteiger partial charge in [0.2, 0.25) is 0 Å². The summed E-state index contributed by atoms with van der Waals surface area (Å²) in [7, 11) is 0. The molecule has 0 aliphatic carbocycles. The standard InChI is InChI=1S/C15H23NO/c1-12-8-13-6-4-5-7-14(13)16(9-12)10-15(2,3)11-17/h4-7,12,17H,8-11H2,1-3H3. The molecular weight excluding hydrogens is 210 g/mol. The molecule has 1 atom stereocenters. The second-order valence-corrected chi connectivity index (χ2v) is 6.14. The minimum atomic E-state index is -0.0375. The van der Waals surface area contributed by atoms with Crippen LogP contribution in [-0.2, 0) is 6.42 Å². The second kappa shape index (κ2) is 4.69. The van der Waals surface area contributed by atoms with Gasteiger partial charge in [0.15, 0.2) is 0 Å². The summed E-state index contributed by atoms with van der Waals surface area (Å²) in [4.78, 5) is 2.43. The Hall–Kier alpha value is -1.02. The third-order valence-electron chi connectivity index (χ3n) is 3.48. The lowest BCUT2D eigenvalue weighted by Gasteiger charge is -2.39. The number of hydrogen-bond acceptors (Lipinski definition) is 2. The van der Waals surface area contributed by atoms with Crippen LogP contribution in [0, 0.1) is 11.3 Å². The van der Waals surface area contributed by atoms with Crippen LogP contribution in [0.15, 0.2) is 24.3 Å². The van der Waals surface area contributed by atoms with Gasteiger partial charge in [-0.15, -0.1) is 0 Å². The molecule has 17 heavy (non-hydrogen) atoms. The van der Waals surface area contributed by atoms with E-state index in [2.05, 4.69) is 49.9 Å². The molecule has 2 heteroatoms. The zero-order valence-corrected chi connectivity index (χ0v) is 11.1. The van der Waals surface area contributed by atoms with E-state index in [-0.39, 0.29) is 12.0 Å². The lowest BCUT2D eigenvalue weighted by Crippen LogP contribution is -2.41. The summed E-state index contributed by atoms with van der Waals surface area (Å²) in [6, 6.07) is 8.65. The fraction of sp³-hybridized carbons (Fsp3) is 0.600. The van der Waals surface area contributed by atoms with E-state index in [0.29, 0.717) is 5.92 Å². The van der Waals surface area contributed by atoms with Gasteiger partial charge in [-0.2, -0.15) is 0 Å². The summed E-state index contributed by atoms with van der Waals surface area (Å²) < 4.78 is 0. The minimum Gasteiger partial charge on any atom is -0.396 e. The SMILES string of the molecule is CC1Cc2ccccc2N(CC(C)(C)CO)C1. The van der Waals surface area contributed by atoms with Crippen LogP contribution >= 0.6 is 0 Å². The number of benzene rings is 1. The van der Waals surface area contributed by atoms with Crippen molar-refractivity contribution in [2.45, 2.75) is 27.2 Å². The molecule has 0 spiro atoms. The molecule has 94 valence electrons. The molecule has 0 saturated heterocycles. The number of aliphatic hydroxyl groups excluding tert-OH is 1. The van der Waals surface area contributed by atoms with Crippen molar-refractivity contribution in [3.8, 4) is 0 Å². The maximum absolute atomic E-state index is 9.41. The van der Waals surface area contributed by atoms with Crippen molar-refractivity contribution >= 4 is 5.69 Å². The van der Waals surface area contributed by atoms with Gasteiger partial charge in [0.25, 0.3) is 0 Å². The Bertz CT molecular complexity index is 386. The Balaban J connectivity index is 2.24. The van der Waals surface area contributed by atoms with Crippen molar-refractivity contribution in [2.75, 3.05) is 24.6 Å². The van der Waals surface area contributed by atoms with Crippen molar-refractivity contribution in [1.29, 1.82) is 0 Å². The van der Waals surface area contributed by atoms with Crippen molar-refractivity contribution in [2.24, 2.45) is 11.3 Å². The first-order valence-electron chi connectivity index (χ1n) is 6.45. The third kappa shape index (κ3) is 2.81. The van der Waals surface area contributed by atoms with Crippen molar-refractivity contribution in [1.82, 2.24) is 0 Å². The molecular formula is C15H23NO. The molecule has 0 saturated carbocycles. The molecule has 0 fully saturated rings. The monoisotopic (exact) mass is 233 g/mol. The molecule has 1 unspecified atom stereocenters. The Morgan fingerprint density at radius 3 is 2.76 bits per heavy atom. The van der Waals surface area contributed by atoms with Crippen LogP contribution in [0.5, 0.6) is 0 Å². The number of nitrogens with zero attached hydrogens (tertiary/aromatic N) is 1. The molecule has 1 N–H and O–H groups in total. The number of fused-ring (bicyclic) bond motifs is 1. The van der Waals surface area contributed by atoms with E-state index in [1.807, 2.05) is 0 Å². The van der Waals surface area contributed by atoms with Crippen LogP contribution in [0.3, 0.4) is 0 Å². The van der Waals surface area contributed by atoms with E-state index in [1.165, 1.54) is 17.7 Å². The smallest absolute Gasteiger partial charge is 0.0499 e. The average molecular weight is 233 g/mol. The van der Waals surface area contributed by atoms with Gasteiger partial charge >= 0.3 is 0 Å². The number of anilines is 1. The zero-order valence-electron chi connectivity index (χ0n) is 11.1. The van der Waals surface area contributed by atoms with Gasteiger partial charge in [-0.3, -0.25) is 0 Å². The first-order valence-corrected chi connectivity index (χ1v) is 6.45. The molecule has 1 heterocycles. The number of aliphatic hydroxyl groups is 1. The highest BCUT2D eigenvalue weighted by Gasteiger charge is 2.26. The van der Waals surface area contributed by atoms with Crippen LogP contribution in [0.1, 0.15) is 26.3 Å². The molecule has 2 rings (SSSR count). The zero-order chi connectivity index (χ0) is 12.5. The number of rotatable bonds is 3. The second-order valence-electron chi connectivity index (χ2n) is 6.14. The van der Waals surface area contributed by atoms with Crippen molar-refractivity contribution in [3.05, 3.63) is 29.8 Å². The van der Waals surface area contributed by atoms with Crippen LogP contribution in [0.25, 0.3) is 0 Å². The molecule has 2 nitrogen and oxygen atoms in total. The Labute approximate surface area is 104 Å². The summed E-state index contributed by atoms with van der Waals surface area (Å²) in [6.45, 7) is 8.80. The summed E-state index contributed by atoms with van der Waals surface area (Å²) >= 11 is 0. The molecule has 1 aliphatic rings. The van der Waals surface area contributed by atoms with Gasteiger partial charge in [-0.05, 0) is 24.0 Å². The van der Waals surface area contributed by atoms with Crippen LogP contribution in [0.2, 0.25) is 0 Å². The normalized spacial score (nSPS) is 20.2. The van der Waals surface area contributed by atoms with Crippen molar-refractivity contribution < 1.29 is 5.11 Å². The van der Waals surface area contributed by atoms with Gasteiger partial charge in [0.1, 0.15) is 0 Å². The minimum absolute atomic E-state index is 0.0375. The van der Waals surface area contributed by atoms with Crippen LogP contribution < -0.4 is 4.90 Å². The van der Waals surface area contributed by atoms with E-state index in [1.54, 1.807) is 0 Å². The van der Waals surface area contributed by atoms with Gasteiger partial charge in [0.05, 0.1) is 0 Å². The van der Waals surface area contributed by atoms with Gasteiger partial charge < -0.3 is 10.0 Å². The molecule has 0 radical (unpaired) electrons. The predicted molar refractivity (Wildman–Crippen MR) is 72.4 cm³/mol. The summed E-state index contributed by atoms with van der Waals surface area (Å²) in [5.41, 5.74) is 2.76. The maximum atomic E-state index is 9.41. The van der Waals surface area contributed by atoms with Crippen LogP contribution in [0.4, 0.5) is 5.69 Å². The lowest BCUT2D eigenvalue weighted by atomic mass is 9.89. The van der Waals surface area contributed by atoms with Gasteiger partial charge in [-0.25, -0.2) is 0 Å². The topological polar surface area (TPSA) is 23.5 Å². The first-order chi connectivity index (χ1) is 8.02. The Kier molecular flexibility index (Phi) is 3.43. The van der Waals surface area contributed by atoms with E-state index in [0.717, 1.165) is 13.1 Å². The van der Waals surface area contributed by atoms with E-state index >= 15 is 0 Å². The first kappa shape index (κ1) is 12.4. The number of hydrogen-bond donors (Lipinski definition) is 1.